The Hall–Kier alpha value is -1.38. The van der Waals surface area contributed by atoms with Gasteiger partial charge in [-0.2, -0.15) is 0 Å². The number of aliphatic hydroxyl groups excluding tert-OH is 1. The van der Waals surface area contributed by atoms with E-state index in [-0.39, 0.29) is 0 Å². The molecule has 1 saturated heterocycles. The quantitative estimate of drug-likeness (QED) is 0.893. The molecule has 1 fully saturated rings. The number of fused-ring (bicyclic) bond motifs is 1. The summed E-state index contributed by atoms with van der Waals surface area (Å²) < 4.78 is 0. The van der Waals surface area contributed by atoms with Gasteiger partial charge in [0.15, 0.2) is 0 Å². The van der Waals surface area contributed by atoms with E-state index in [0.29, 0.717) is 12.5 Å². The van der Waals surface area contributed by atoms with E-state index in [1.54, 1.807) is 0 Å². The molecule has 1 heterocycles. The molecule has 0 spiro atoms. The van der Waals surface area contributed by atoms with Crippen molar-refractivity contribution in [2.24, 2.45) is 5.92 Å². The summed E-state index contributed by atoms with van der Waals surface area (Å²) in [6.07, 6.45) is 1.13. The van der Waals surface area contributed by atoms with Gasteiger partial charge in [-0.25, -0.2) is 0 Å². The second-order valence-corrected chi connectivity index (χ2v) is 5.25. The van der Waals surface area contributed by atoms with Crippen molar-refractivity contribution in [2.75, 3.05) is 19.7 Å². The van der Waals surface area contributed by atoms with Gasteiger partial charge >= 0.3 is 0 Å². The van der Waals surface area contributed by atoms with Gasteiger partial charge in [-0.15, -0.1) is 0 Å². The summed E-state index contributed by atoms with van der Waals surface area (Å²) in [6, 6.07) is 15.2. The molecule has 0 aliphatic carbocycles. The third-order valence-corrected chi connectivity index (χ3v) is 3.85. The van der Waals surface area contributed by atoms with E-state index in [4.69, 9.17) is 5.11 Å². The molecule has 2 heteroatoms. The summed E-state index contributed by atoms with van der Waals surface area (Å²) in [5, 5.41) is 11.8. The zero-order chi connectivity index (χ0) is 12.4. The van der Waals surface area contributed by atoms with Gasteiger partial charge in [0.2, 0.25) is 0 Å². The molecule has 18 heavy (non-hydrogen) atoms. The molecule has 0 amide bonds. The molecular formula is C16H19NO. The van der Waals surface area contributed by atoms with Crippen LogP contribution in [0.2, 0.25) is 0 Å². The molecule has 1 aliphatic heterocycles. The summed E-state index contributed by atoms with van der Waals surface area (Å²) in [5.41, 5.74) is 1.37. The molecule has 2 aromatic carbocycles. The Morgan fingerprint density at radius 2 is 1.94 bits per heavy atom. The molecule has 1 N–H and O–H groups in total. The molecule has 3 rings (SSSR count). The summed E-state index contributed by atoms with van der Waals surface area (Å²) in [5.74, 6) is 0.477. The number of aliphatic hydroxyl groups is 1. The Morgan fingerprint density at radius 1 is 1.11 bits per heavy atom. The molecule has 1 unspecified atom stereocenters. The van der Waals surface area contributed by atoms with Crippen molar-refractivity contribution in [1.82, 2.24) is 4.90 Å². The van der Waals surface area contributed by atoms with E-state index in [0.717, 1.165) is 26.1 Å². The highest BCUT2D eigenvalue weighted by Gasteiger charge is 2.21. The summed E-state index contributed by atoms with van der Waals surface area (Å²) in [4.78, 5) is 2.44. The molecule has 0 aromatic heterocycles. The second kappa shape index (κ2) is 5.09. The Morgan fingerprint density at radius 3 is 2.72 bits per heavy atom. The molecule has 0 saturated carbocycles. The van der Waals surface area contributed by atoms with Crippen LogP contribution in [-0.4, -0.2) is 29.7 Å². The first-order valence-electron chi connectivity index (χ1n) is 6.66. The van der Waals surface area contributed by atoms with Crippen LogP contribution in [0.5, 0.6) is 0 Å². The van der Waals surface area contributed by atoms with Crippen LogP contribution < -0.4 is 0 Å². The van der Waals surface area contributed by atoms with E-state index < -0.39 is 0 Å². The van der Waals surface area contributed by atoms with Crippen LogP contribution in [0, 0.1) is 5.92 Å². The Bertz CT molecular complexity index is 537. The van der Waals surface area contributed by atoms with Gasteiger partial charge in [0, 0.05) is 19.7 Å². The van der Waals surface area contributed by atoms with Gasteiger partial charge in [-0.1, -0.05) is 36.4 Å². The van der Waals surface area contributed by atoms with Crippen molar-refractivity contribution in [3.63, 3.8) is 0 Å². The predicted octanol–water partition coefficient (Wildman–Crippen LogP) is 2.65. The molecule has 2 nitrogen and oxygen atoms in total. The zero-order valence-electron chi connectivity index (χ0n) is 10.5. The smallest absolute Gasteiger partial charge is 0.0471 e. The van der Waals surface area contributed by atoms with E-state index in [2.05, 4.69) is 47.4 Å². The van der Waals surface area contributed by atoms with Crippen LogP contribution in [0.15, 0.2) is 42.5 Å². The van der Waals surface area contributed by atoms with Crippen molar-refractivity contribution >= 4 is 10.8 Å². The van der Waals surface area contributed by atoms with Crippen LogP contribution in [0.1, 0.15) is 12.0 Å². The van der Waals surface area contributed by atoms with Crippen LogP contribution >= 0.6 is 0 Å². The fourth-order valence-corrected chi connectivity index (χ4v) is 2.80. The highest BCUT2D eigenvalue weighted by molar-refractivity contribution is 5.82. The van der Waals surface area contributed by atoms with Crippen LogP contribution in [0.25, 0.3) is 10.8 Å². The largest absolute Gasteiger partial charge is 0.396 e. The average Bonchev–Trinajstić information content (AvgIpc) is 2.86. The molecule has 0 radical (unpaired) electrons. The van der Waals surface area contributed by atoms with Crippen molar-refractivity contribution in [3.8, 4) is 0 Å². The van der Waals surface area contributed by atoms with Gasteiger partial charge in [-0.05, 0) is 41.3 Å². The lowest BCUT2D eigenvalue weighted by Crippen LogP contribution is -2.20. The number of nitrogens with zero attached hydrogens (tertiary/aromatic N) is 1. The topological polar surface area (TPSA) is 23.5 Å². The van der Waals surface area contributed by atoms with Gasteiger partial charge < -0.3 is 5.11 Å². The Balaban J connectivity index is 1.75. The number of likely N-dealkylation sites (tertiary alicyclic amines) is 1. The first kappa shape index (κ1) is 11.7. The van der Waals surface area contributed by atoms with E-state index >= 15 is 0 Å². The van der Waals surface area contributed by atoms with Crippen molar-refractivity contribution in [3.05, 3.63) is 48.0 Å². The molecule has 1 aliphatic rings. The summed E-state index contributed by atoms with van der Waals surface area (Å²) in [6.45, 7) is 3.47. The maximum Gasteiger partial charge on any atom is 0.0471 e. The summed E-state index contributed by atoms with van der Waals surface area (Å²) >= 11 is 0. The van der Waals surface area contributed by atoms with Crippen molar-refractivity contribution < 1.29 is 5.11 Å². The third kappa shape index (κ3) is 2.40. The average molecular weight is 241 g/mol. The minimum atomic E-state index is 0.328. The van der Waals surface area contributed by atoms with Gasteiger partial charge in [0.05, 0.1) is 0 Å². The SMILES string of the molecule is OCC1CCN(Cc2ccc3ccccc3c2)C1. The molecule has 0 bridgehead atoms. The maximum absolute atomic E-state index is 9.16. The van der Waals surface area contributed by atoms with Gasteiger partial charge in [0.25, 0.3) is 0 Å². The van der Waals surface area contributed by atoms with E-state index in [9.17, 15) is 0 Å². The first-order valence-corrected chi connectivity index (χ1v) is 6.66. The first-order chi connectivity index (χ1) is 8.85. The number of hydrogen-bond donors (Lipinski definition) is 1. The maximum atomic E-state index is 9.16. The highest BCUT2D eigenvalue weighted by atomic mass is 16.3. The highest BCUT2D eigenvalue weighted by Crippen LogP contribution is 2.20. The Labute approximate surface area is 108 Å². The zero-order valence-corrected chi connectivity index (χ0v) is 10.5. The lowest BCUT2D eigenvalue weighted by atomic mass is 10.1. The van der Waals surface area contributed by atoms with Crippen LogP contribution in [-0.2, 0) is 6.54 Å². The summed E-state index contributed by atoms with van der Waals surface area (Å²) in [7, 11) is 0. The molecule has 1 atom stereocenters. The van der Waals surface area contributed by atoms with Crippen molar-refractivity contribution in [2.45, 2.75) is 13.0 Å². The minimum Gasteiger partial charge on any atom is -0.396 e. The number of hydrogen-bond acceptors (Lipinski definition) is 2. The standard InChI is InChI=1S/C16H19NO/c18-12-14-7-8-17(11-14)10-13-5-6-15-3-1-2-4-16(15)9-13/h1-6,9,14,18H,7-8,10-12H2. The fraction of sp³-hybridized carbons (Fsp3) is 0.375. The normalized spacial score (nSPS) is 20.6. The van der Waals surface area contributed by atoms with Crippen LogP contribution in [0.4, 0.5) is 0 Å². The number of rotatable bonds is 3. The minimum absolute atomic E-state index is 0.328. The number of benzene rings is 2. The van der Waals surface area contributed by atoms with E-state index in [1.165, 1.54) is 16.3 Å². The lowest BCUT2D eigenvalue weighted by molar-refractivity contribution is 0.220. The van der Waals surface area contributed by atoms with Crippen molar-refractivity contribution in [1.29, 1.82) is 0 Å². The fourth-order valence-electron chi connectivity index (χ4n) is 2.80. The Kier molecular flexibility index (Phi) is 3.31. The van der Waals surface area contributed by atoms with Gasteiger partial charge in [0.1, 0.15) is 0 Å². The second-order valence-electron chi connectivity index (χ2n) is 5.25. The lowest BCUT2D eigenvalue weighted by Gasteiger charge is -2.16. The molecule has 2 aromatic rings. The van der Waals surface area contributed by atoms with Gasteiger partial charge in [-0.3, -0.25) is 4.90 Å². The third-order valence-electron chi connectivity index (χ3n) is 3.85. The van der Waals surface area contributed by atoms with Crippen LogP contribution in [0.3, 0.4) is 0 Å². The predicted molar refractivity (Wildman–Crippen MR) is 74.4 cm³/mol. The van der Waals surface area contributed by atoms with E-state index in [1.807, 2.05) is 0 Å². The molecule has 94 valence electrons. The molecular weight excluding hydrogens is 222 g/mol. The monoisotopic (exact) mass is 241 g/mol.